The maximum absolute atomic E-state index is 5.69. The van der Waals surface area contributed by atoms with Crippen molar-refractivity contribution in [3.8, 4) is 0 Å². The Morgan fingerprint density at radius 2 is 2.06 bits per heavy atom. The third kappa shape index (κ3) is 3.06. The molecule has 0 spiro atoms. The van der Waals surface area contributed by atoms with Gasteiger partial charge in [0.15, 0.2) is 0 Å². The summed E-state index contributed by atoms with van der Waals surface area (Å²) in [4.78, 5) is 2.54. The molecule has 1 aliphatic heterocycles. The highest BCUT2D eigenvalue weighted by atomic mass is 15.1. The Bertz CT molecular complexity index is 318. The number of nitrogens with two attached hydrogens (primary N) is 1. The fourth-order valence-corrected chi connectivity index (χ4v) is 2.35. The number of hydrogen-bond donors (Lipinski definition) is 1. The van der Waals surface area contributed by atoms with E-state index in [1.807, 2.05) is 0 Å². The van der Waals surface area contributed by atoms with Crippen LogP contribution < -0.4 is 5.73 Å². The van der Waals surface area contributed by atoms with Crippen LogP contribution in [0.1, 0.15) is 17.5 Å². The van der Waals surface area contributed by atoms with Gasteiger partial charge in [-0.05, 0) is 44.3 Å². The quantitative estimate of drug-likeness (QED) is 0.835. The van der Waals surface area contributed by atoms with Crippen molar-refractivity contribution in [1.82, 2.24) is 4.90 Å². The van der Waals surface area contributed by atoms with Crippen molar-refractivity contribution in [2.75, 3.05) is 26.2 Å². The lowest BCUT2D eigenvalue weighted by Gasteiger charge is -2.15. The summed E-state index contributed by atoms with van der Waals surface area (Å²) in [5.74, 6) is 0.734. The average molecular weight is 218 g/mol. The van der Waals surface area contributed by atoms with Crippen LogP contribution in [-0.2, 0) is 6.42 Å². The lowest BCUT2D eigenvalue weighted by molar-refractivity contribution is 0.329. The van der Waals surface area contributed by atoms with Crippen molar-refractivity contribution < 1.29 is 0 Å². The zero-order valence-corrected chi connectivity index (χ0v) is 10.2. The molecule has 0 saturated carbocycles. The van der Waals surface area contributed by atoms with Crippen molar-refractivity contribution >= 4 is 0 Å². The van der Waals surface area contributed by atoms with Gasteiger partial charge in [-0.25, -0.2) is 0 Å². The molecule has 2 heteroatoms. The second kappa shape index (κ2) is 5.46. The first-order valence-corrected chi connectivity index (χ1v) is 6.26. The molecule has 1 aromatic rings. The van der Waals surface area contributed by atoms with Crippen LogP contribution in [0.25, 0.3) is 0 Å². The molecule has 1 unspecified atom stereocenters. The number of benzene rings is 1. The van der Waals surface area contributed by atoms with Gasteiger partial charge in [0.2, 0.25) is 0 Å². The first-order valence-electron chi connectivity index (χ1n) is 6.26. The maximum atomic E-state index is 5.69. The summed E-state index contributed by atoms with van der Waals surface area (Å²) in [6.45, 7) is 6.59. The van der Waals surface area contributed by atoms with E-state index in [4.69, 9.17) is 5.73 Å². The van der Waals surface area contributed by atoms with Crippen molar-refractivity contribution in [1.29, 1.82) is 0 Å². The topological polar surface area (TPSA) is 29.3 Å². The third-order valence-corrected chi connectivity index (χ3v) is 3.54. The highest BCUT2D eigenvalue weighted by Gasteiger charge is 2.20. The molecule has 1 atom stereocenters. The number of rotatable bonds is 4. The molecule has 1 fully saturated rings. The Kier molecular flexibility index (Phi) is 3.97. The second-order valence-corrected chi connectivity index (χ2v) is 4.93. The third-order valence-electron chi connectivity index (χ3n) is 3.54. The minimum absolute atomic E-state index is 0.734. The van der Waals surface area contributed by atoms with Gasteiger partial charge in [-0.3, -0.25) is 0 Å². The summed E-state index contributed by atoms with van der Waals surface area (Å²) in [7, 11) is 0. The zero-order chi connectivity index (χ0) is 11.4. The van der Waals surface area contributed by atoms with Gasteiger partial charge < -0.3 is 10.6 Å². The molecule has 0 radical (unpaired) electrons. The monoisotopic (exact) mass is 218 g/mol. The minimum atomic E-state index is 0.734. The number of nitrogens with zero attached hydrogens (tertiary/aromatic N) is 1. The molecule has 1 aromatic carbocycles. The van der Waals surface area contributed by atoms with Crippen LogP contribution in [0, 0.1) is 12.8 Å². The first-order chi connectivity index (χ1) is 7.78. The summed E-state index contributed by atoms with van der Waals surface area (Å²) < 4.78 is 0. The number of aryl methyl sites for hydroxylation is 1. The van der Waals surface area contributed by atoms with E-state index in [0.29, 0.717) is 0 Å². The molecule has 2 N–H and O–H groups in total. The van der Waals surface area contributed by atoms with E-state index in [2.05, 4.69) is 36.1 Å². The largest absolute Gasteiger partial charge is 0.330 e. The highest BCUT2D eigenvalue weighted by molar-refractivity contribution is 5.21. The Labute approximate surface area is 98.4 Å². The molecule has 1 aliphatic rings. The fraction of sp³-hybridized carbons (Fsp3) is 0.571. The smallest absolute Gasteiger partial charge is 0.00223 e. The standard InChI is InChI=1S/C14H22N2/c1-12-2-4-13(5-3-12)6-8-16-9-7-14(10-15)11-16/h2-5,14H,6-11,15H2,1H3. The van der Waals surface area contributed by atoms with E-state index >= 15 is 0 Å². The molecular weight excluding hydrogens is 196 g/mol. The van der Waals surface area contributed by atoms with Crippen molar-refractivity contribution in [3.63, 3.8) is 0 Å². The number of likely N-dealkylation sites (tertiary alicyclic amines) is 1. The van der Waals surface area contributed by atoms with Crippen molar-refractivity contribution in [2.45, 2.75) is 19.8 Å². The predicted octanol–water partition coefficient (Wildman–Crippen LogP) is 1.82. The van der Waals surface area contributed by atoms with Crippen LogP contribution >= 0.6 is 0 Å². The van der Waals surface area contributed by atoms with Crippen LogP contribution in [-0.4, -0.2) is 31.1 Å². The van der Waals surface area contributed by atoms with E-state index < -0.39 is 0 Å². The fourth-order valence-electron chi connectivity index (χ4n) is 2.35. The summed E-state index contributed by atoms with van der Waals surface area (Å²) in [5, 5.41) is 0. The molecule has 88 valence electrons. The summed E-state index contributed by atoms with van der Waals surface area (Å²) >= 11 is 0. The van der Waals surface area contributed by atoms with Crippen LogP contribution in [0.4, 0.5) is 0 Å². The van der Waals surface area contributed by atoms with Crippen LogP contribution in [0.3, 0.4) is 0 Å². The lowest BCUT2D eigenvalue weighted by atomic mass is 10.1. The molecule has 0 bridgehead atoms. The zero-order valence-electron chi connectivity index (χ0n) is 10.2. The van der Waals surface area contributed by atoms with Gasteiger partial charge in [0.25, 0.3) is 0 Å². The molecule has 0 aliphatic carbocycles. The Morgan fingerprint density at radius 1 is 1.31 bits per heavy atom. The van der Waals surface area contributed by atoms with Gasteiger partial charge in [-0.1, -0.05) is 29.8 Å². The first kappa shape index (κ1) is 11.6. The van der Waals surface area contributed by atoms with E-state index in [1.54, 1.807) is 0 Å². The summed E-state index contributed by atoms with van der Waals surface area (Å²) in [6, 6.07) is 8.88. The van der Waals surface area contributed by atoms with Crippen molar-refractivity contribution in [3.05, 3.63) is 35.4 Å². The molecule has 0 aromatic heterocycles. The summed E-state index contributed by atoms with van der Waals surface area (Å²) in [5.41, 5.74) is 8.48. The van der Waals surface area contributed by atoms with E-state index in [-0.39, 0.29) is 0 Å². The minimum Gasteiger partial charge on any atom is -0.330 e. The molecular formula is C14H22N2. The molecule has 1 saturated heterocycles. The van der Waals surface area contributed by atoms with Gasteiger partial charge in [-0.15, -0.1) is 0 Å². The molecule has 16 heavy (non-hydrogen) atoms. The predicted molar refractivity (Wildman–Crippen MR) is 68.5 cm³/mol. The summed E-state index contributed by atoms with van der Waals surface area (Å²) in [6.07, 6.45) is 2.45. The van der Waals surface area contributed by atoms with Gasteiger partial charge in [-0.2, -0.15) is 0 Å². The highest BCUT2D eigenvalue weighted by Crippen LogP contribution is 2.15. The van der Waals surface area contributed by atoms with Crippen LogP contribution in [0.2, 0.25) is 0 Å². The second-order valence-electron chi connectivity index (χ2n) is 4.93. The van der Waals surface area contributed by atoms with E-state index in [1.165, 1.54) is 37.2 Å². The van der Waals surface area contributed by atoms with Gasteiger partial charge in [0, 0.05) is 13.1 Å². The lowest BCUT2D eigenvalue weighted by Crippen LogP contribution is -2.25. The molecule has 1 heterocycles. The Hall–Kier alpha value is -0.860. The van der Waals surface area contributed by atoms with Crippen LogP contribution in [0.15, 0.2) is 24.3 Å². The van der Waals surface area contributed by atoms with Crippen LogP contribution in [0.5, 0.6) is 0 Å². The van der Waals surface area contributed by atoms with Gasteiger partial charge in [0.1, 0.15) is 0 Å². The normalized spacial score (nSPS) is 21.5. The molecule has 0 amide bonds. The van der Waals surface area contributed by atoms with E-state index in [9.17, 15) is 0 Å². The number of hydrogen-bond acceptors (Lipinski definition) is 2. The SMILES string of the molecule is Cc1ccc(CCN2CCC(CN)C2)cc1. The van der Waals surface area contributed by atoms with Crippen molar-refractivity contribution in [2.24, 2.45) is 11.7 Å². The van der Waals surface area contributed by atoms with E-state index in [0.717, 1.165) is 18.9 Å². The van der Waals surface area contributed by atoms with Gasteiger partial charge >= 0.3 is 0 Å². The Morgan fingerprint density at radius 3 is 2.69 bits per heavy atom. The molecule has 2 rings (SSSR count). The molecule has 2 nitrogen and oxygen atoms in total. The van der Waals surface area contributed by atoms with Gasteiger partial charge in [0.05, 0.1) is 0 Å². The Balaban J connectivity index is 1.77. The maximum Gasteiger partial charge on any atom is 0.00223 e. The average Bonchev–Trinajstić information content (AvgIpc) is 2.76.